The topological polar surface area (TPSA) is 59.1 Å². The Bertz CT molecular complexity index is 823. The number of amides is 2. The second-order valence-corrected chi connectivity index (χ2v) is 10.8. The van der Waals surface area contributed by atoms with E-state index in [9.17, 15) is 9.59 Å². The van der Waals surface area contributed by atoms with Gasteiger partial charge in [-0.05, 0) is 37.3 Å². The third-order valence-corrected chi connectivity index (χ3v) is 8.02. The normalized spacial score (nSPS) is 25.6. The number of likely N-dealkylation sites (tertiary alicyclic amines) is 1. The zero-order valence-corrected chi connectivity index (χ0v) is 21.6. The number of para-hydroxylation sites is 1. The Morgan fingerprint density at radius 1 is 0.914 bits per heavy atom. The van der Waals surface area contributed by atoms with Crippen LogP contribution in [0, 0.1) is 5.92 Å². The summed E-state index contributed by atoms with van der Waals surface area (Å²) in [7, 11) is 1.87. The molecule has 2 fully saturated rings. The van der Waals surface area contributed by atoms with E-state index >= 15 is 0 Å². The lowest BCUT2D eigenvalue weighted by molar-refractivity contribution is -0.131. The van der Waals surface area contributed by atoms with Crippen molar-refractivity contribution in [2.24, 2.45) is 5.92 Å². The van der Waals surface area contributed by atoms with Gasteiger partial charge >= 0.3 is 0 Å². The number of carbonyl (C=O) groups excluding carboxylic acids is 2. The number of rotatable bonds is 3. The van der Waals surface area contributed by atoms with Crippen LogP contribution in [0.1, 0.15) is 93.8 Å². The van der Waals surface area contributed by atoms with Gasteiger partial charge in [-0.3, -0.25) is 9.59 Å². The maximum atomic E-state index is 13.2. The predicted octanol–water partition coefficient (Wildman–Crippen LogP) is 5.45. The van der Waals surface area contributed by atoms with Crippen molar-refractivity contribution in [2.45, 2.75) is 95.7 Å². The minimum Gasteiger partial charge on any atom is -0.485 e. The number of ether oxygens (including phenoxy) is 2. The van der Waals surface area contributed by atoms with E-state index in [1.54, 1.807) is 4.90 Å². The van der Waals surface area contributed by atoms with E-state index in [1.807, 2.05) is 36.2 Å². The van der Waals surface area contributed by atoms with Crippen LogP contribution < -0.4 is 4.74 Å². The fourth-order valence-corrected chi connectivity index (χ4v) is 5.79. The second kappa shape index (κ2) is 13.3. The molecule has 2 amide bonds. The highest BCUT2D eigenvalue weighted by Gasteiger charge is 2.38. The summed E-state index contributed by atoms with van der Waals surface area (Å²) < 4.78 is 12.7. The van der Waals surface area contributed by atoms with Crippen molar-refractivity contribution in [3.05, 3.63) is 29.8 Å². The fourth-order valence-electron chi connectivity index (χ4n) is 5.79. The summed E-state index contributed by atoms with van der Waals surface area (Å²) in [5.74, 6) is 1.49. The van der Waals surface area contributed by atoms with Gasteiger partial charge in [0, 0.05) is 26.6 Å². The smallest absolute Gasteiger partial charge is 0.257 e. The highest BCUT2D eigenvalue weighted by atomic mass is 16.5. The van der Waals surface area contributed by atoms with Gasteiger partial charge in [-0.15, -0.1) is 0 Å². The molecule has 4 rings (SSSR count). The van der Waals surface area contributed by atoms with Crippen LogP contribution in [0.15, 0.2) is 24.3 Å². The van der Waals surface area contributed by atoms with Crippen molar-refractivity contribution in [3.63, 3.8) is 0 Å². The predicted molar refractivity (Wildman–Crippen MR) is 138 cm³/mol. The average molecular weight is 485 g/mol. The Hall–Kier alpha value is -2.08. The molecule has 2 heterocycles. The summed E-state index contributed by atoms with van der Waals surface area (Å²) in [5, 5.41) is 0. The molecule has 2 aliphatic heterocycles. The number of nitrogens with zero attached hydrogens (tertiary/aromatic N) is 2. The van der Waals surface area contributed by atoms with Gasteiger partial charge in [0.25, 0.3) is 5.91 Å². The van der Waals surface area contributed by atoms with Crippen LogP contribution in [0.2, 0.25) is 0 Å². The van der Waals surface area contributed by atoms with Gasteiger partial charge in [-0.2, -0.15) is 0 Å². The lowest BCUT2D eigenvalue weighted by Crippen LogP contribution is -2.34. The number of benzene rings is 1. The molecule has 0 spiro atoms. The standard InChI is InChI=1S/C29H44N2O4/c1-30-19-11-4-2-3-5-12-20-34-26-21-31(28(32)18-17-23-13-7-6-8-14-23)22-27(26)35-25-16-10-9-15-24(25)29(30)33/h9-10,15-16,23,26-27H,2-8,11-14,17-22H2,1H3/t26-,27-/m1/s1. The van der Waals surface area contributed by atoms with E-state index in [-0.39, 0.29) is 24.0 Å². The molecule has 194 valence electrons. The van der Waals surface area contributed by atoms with E-state index in [4.69, 9.17) is 9.47 Å². The first-order valence-corrected chi connectivity index (χ1v) is 14.0. The molecule has 1 aromatic rings. The van der Waals surface area contributed by atoms with Crippen LogP contribution in [-0.4, -0.2) is 67.1 Å². The van der Waals surface area contributed by atoms with Crippen molar-refractivity contribution < 1.29 is 19.1 Å². The summed E-state index contributed by atoms with van der Waals surface area (Å²) in [5.41, 5.74) is 0.586. The van der Waals surface area contributed by atoms with Gasteiger partial charge in [0.15, 0.2) is 0 Å². The van der Waals surface area contributed by atoms with Crippen LogP contribution in [-0.2, 0) is 9.53 Å². The molecule has 3 aliphatic rings. The Labute approximate surface area is 211 Å². The molecule has 0 radical (unpaired) electrons. The Morgan fingerprint density at radius 3 is 2.43 bits per heavy atom. The Kier molecular flexibility index (Phi) is 9.87. The van der Waals surface area contributed by atoms with Gasteiger partial charge in [0.05, 0.1) is 18.7 Å². The lowest BCUT2D eigenvalue weighted by atomic mass is 9.86. The first-order valence-electron chi connectivity index (χ1n) is 14.0. The van der Waals surface area contributed by atoms with Crippen molar-refractivity contribution in [1.82, 2.24) is 9.80 Å². The summed E-state index contributed by atoms with van der Waals surface area (Å²) in [4.78, 5) is 30.0. The maximum absolute atomic E-state index is 13.2. The van der Waals surface area contributed by atoms with Crippen LogP contribution >= 0.6 is 0 Å². The fraction of sp³-hybridized carbons (Fsp3) is 0.724. The summed E-state index contributed by atoms with van der Waals surface area (Å²) in [6.07, 6.45) is 14.4. The monoisotopic (exact) mass is 484 g/mol. The van der Waals surface area contributed by atoms with Gasteiger partial charge in [-0.25, -0.2) is 0 Å². The summed E-state index contributed by atoms with van der Waals surface area (Å²) >= 11 is 0. The molecule has 6 heteroatoms. The van der Waals surface area contributed by atoms with Gasteiger partial charge < -0.3 is 19.3 Å². The number of hydrogen-bond donors (Lipinski definition) is 0. The number of carbonyl (C=O) groups is 2. The van der Waals surface area contributed by atoms with Crippen molar-refractivity contribution in [2.75, 3.05) is 33.3 Å². The molecular formula is C29H44N2O4. The SMILES string of the molecule is CN1CCCCCCCCO[C@@H]2CN(C(=O)CCC3CCCCC3)C[C@H]2Oc2ccccc2C1=O. The Balaban J connectivity index is 1.44. The minimum absolute atomic E-state index is 0.0106. The molecule has 0 unspecified atom stereocenters. The second-order valence-electron chi connectivity index (χ2n) is 10.8. The molecule has 0 bridgehead atoms. The van der Waals surface area contributed by atoms with Crippen LogP contribution in [0.4, 0.5) is 0 Å². The van der Waals surface area contributed by atoms with Crippen molar-refractivity contribution >= 4 is 11.8 Å². The molecule has 1 aliphatic carbocycles. The molecule has 0 aromatic heterocycles. The first-order chi connectivity index (χ1) is 17.1. The molecule has 1 aromatic carbocycles. The zero-order chi connectivity index (χ0) is 24.5. The minimum atomic E-state index is -0.263. The van der Waals surface area contributed by atoms with E-state index in [0.717, 1.165) is 38.6 Å². The molecule has 1 saturated carbocycles. The van der Waals surface area contributed by atoms with Gasteiger partial charge in [0.2, 0.25) is 5.91 Å². The van der Waals surface area contributed by atoms with E-state index < -0.39 is 0 Å². The Morgan fingerprint density at radius 2 is 1.60 bits per heavy atom. The van der Waals surface area contributed by atoms with Gasteiger partial charge in [-0.1, -0.05) is 69.9 Å². The first kappa shape index (κ1) is 26.0. The molecular weight excluding hydrogens is 440 g/mol. The molecule has 1 saturated heterocycles. The molecule has 35 heavy (non-hydrogen) atoms. The zero-order valence-electron chi connectivity index (χ0n) is 21.6. The molecule has 2 atom stereocenters. The van der Waals surface area contributed by atoms with E-state index in [0.29, 0.717) is 43.3 Å². The summed E-state index contributed by atoms with van der Waals surface area (Å²) in [6.45, 7) is 2.54. The van der Waals surface area contributed by atoms with Crippen molar-refractivity contribution in [1.29, 1.82) is 0 Å². The van der Waals surface area contributed by atoms with E-state index in [2.05, 4.69) is 0 Å². The van der Waals surface area contributed by atoms with Crippen LogP contribution in [0.25, 0.3) is 0 Å². The van der Waals surface area contributed by atoms with Gasteiger partial charge in [0.1, 0.15) is 18.0 Å². The quantitative estimate of drug-likeness (QED) is 0.573. The third-order valence-electron chi connectivity index (χ3n) is 8.02. The van der Waals surface area contributed by atoms with E-state index in [1.165, 1.54) is 44.9 Å². The largest absolute Gasteiger partial charge is 0.485 e. The number of hydrogen-bond acceptors (Lipinski definition) is 4. The number of fused-ring (bicyclic) bond motifs is 2. The highest BCUT2D eigenvalue weighted by Crippen LogP contribution is 2.29. The maximum Gasteiger partial charge on any atom is 0.257 e. The van der Waals surface area contributed by atoms with Crippen LogP contribution in [0.5, 0.6) is 5.75 Å². The third kappa shape index (κ3) is 7.45. The van der Waals surface area contributed by atoms with Crippen LogP contribution in [0.3, 0.4) is 0 Å². The van der Waals surface area contributed by atoms with Crippen molar-refractivity contribution in [3.8, 4) is 5.75 Å². The molecule has 6 nitrogen and oxygen atoms in total. The molecule has 0 N–H and O–H groups in total. The summed E-state index contributed by atoms with van der Waals surface area (Å²) in [6, 6.07) is 7.50. The average Bonchev–Trinajstić information content (AvgIpc) is 3.28. The lowest BCUT2D eigenvalue weighted by Gasteiger charge is -2.24. The highest BCUT2D eigenvalue weighted by molar-refractivity contribution is 5.96.